The van der Waals surface area contributed by atoms with Crippen LogP contribution in [0, 0.1) is 6.92 Å². The summed E-state index contributed by atoms with van der Waals surface area (Å²) in [5, 5.41) is 2.76. The molecular weight excluding hydrogens is 270 g/mol. The zero-order valence-electron chi connectivity index (χ0n) is 12.4. The molecule has 0 bridgehead atoms. The van der Waals surface area contributed by atoms with Gasteiger partial charge in [0.1, 0.15) is 0 Å². The number of pyridine rings is 1. The molecule has 1 fully saturated rings. The van der Waals surface area contributed by atoms with Crippen LogP contribution in [0.5, 0.6) is 0 Å². The lowest BCUT2D eigenvalue weighted by Gasteiger charge is -2.34. The normalized spacial score (nSPS) is 15.0. The van der Waals surface area contributed by atoms with E-state index in [1.807, 2.05) is 6.92 Å². The average molecular weight is 291 g/mol. The number of nitrogens with zero attached hydrogens (tertiary/aromatic N) is 3. The maximum absolute atomic E-state index is 12.5. The molecule has 21 heavy (non-hydrogen) atoms. The summed E-state index contributed by atoms with van der Waals surface area (Å²) < 4.78 is 0. The van der Waals surface area contributed by atoms with Gasteiger partial charge in [-0.05, 0) is 19.9 Å². The number of aryl methyl sites for hydroxylation is 1. The fourth-order valence-electron chi connectivity index (χ4n) is 2.31. The van der Waals surface area contributed by atoms with Gasteiger partial charge in [0, 0.05) is 32.7 Å². The van der Waals surface area contributed by atoms with Gasteiger partial charge in [-0.25, -0.2) is 4.79 Å². The van der Waals surface area contributed by atoms with Crippen LogP contribution in [-0.2, 0) is 0 Å². The minimum atomic E-state index is -0.0807. The summed E-state index contributed by atoms with van der Waals surface area (Å²) in [4.78, 5) is 31.8. The molecule has 3 amide bonds. The fraction of sp³-hybridized carbons (Fsp3) is 0.500. The van der Waals surface area contributed by atoms with E-state index < -0.39 is 0 Å². The summed E-state index contributed by atoms with van der Waals surface area (Å²) in [7, 11) is 0. The number of carbonyl (C=O) groups is 2. The monoisotopic (exact) mass is 291 g/mol. The van der Waals surface area contributed by atoms with E-state index >= 15 is 0 Å². The Morgan fingerprint density at radius 1 is 1.29 bits per heavy atom. The number of carbonyl (C=O) groups excluding carboxylic acids is 2. The van der Waals surface area contributed by atoms with Crippen molar-refractivity contribution >= 4 is 17.6 Å². The predicted molar refractivity (Wildman–Crippen MR) is 79.9 cm³/mol. The number of nitrogens with two attached hydrogens (primary N) is 1. The molecule has 2 rings (SSSR count). The SMILES string of the molecule is CCNC(=O)N1CCN(C(=O)c2cc(N)cnc2C)CC1. The highest BCUT2D eigenvalue weighted by molar-refractivity contribution is 5.96. The first kappa shape index (κ1) is 15.1. The zero-order chi connectivity index (χ0) is 15.4. The second kappa shape index (κ2) is 6.43. The van der Waals surface area contributed by atoms with Crippen LogP contribution in [0.4, 0.5) is 10.5 Å². The zero-order valence-corrected chi connectivity index (χ0v) is 12.4. The summed E-state index contributed by atoms with van der Waals surface area (Å²) in [6.45, 7) is 6.38. The Kier molecular flexibility index (Phi) is 4.62. The number of anilines is 1. The maximum atomic E-state index is 12.5. The van der Waals surface area contributed by atoms with Gasteiger partial charge in [-0.1, -0.05) is 0 Å². The van der Waals surface area contributed by atoms with Crippen molar-refractivity contribution in [3.63, 3.8) is 0 Å². The summed E-state index contributed by atoms with van der Waals surface area (Å²) >= 11 is 0. The molecule has 1 aromatic heterocycles. The standard InChI is InChI=1S/C14H21N5O2/c1-3-16-14(21)19-6-4-18(5-7-19)13(20)12-8-11(15)9-17-10(12)2/h8-9H,3-7,15H2,1-2H3,(H,16,21). The molecule has 0 atom stereocenters. The van der Waals surface area contributed by atoms with Crippen LogP contribution in [0.1, 0.15) is 23.0 Å². The van der Waals surface area contributed by atoms with Crippen molar-refractivity contribution in [3.8, 4) is 0 Å². The number of aromatic nitrogens is 1. The lowest BCUT2D eigenvalue weighted by atomic mass is 10.1. The second-order valence-corrected chi connectivity index (χ2v) is 5.02. The van der Waals surface area contributed by atoms with Crippen LogP contribution in [0.15, 0.2) is 12.3 Å². The minimum Gasteiger partial charge on any atom is -0.397 e. The van der Waals surface area contributed by atoms with Crippen molar-refractivity contribution in [1.82, 2.24) is 20.1 Å². The predicted octanol–water partition coefficient (Wildman–Crippen LogP) is 0.460. The van der Waals surface area contributed by atoms with E-state index in [1.54, 1.807) is 29.0 Å². The van der Waals surface area contributed by atoms with Crippen molar-refractivity contribution in [1.29, 1.82) is 0 Å². The number of urea groups is 1. The number of nitrogens with one attached hydrogen (secondary N) is 1. The van der Waals surface area contributed by atoms with Gasteiger partial charge in [0.15, 0.2) is 0 Å². The van der Waals surface area contributed by atoms with Gasteiger partial charge in [-0.15, -0.1) is 0 Å². The number of nitrogen functional groups attached to an aromatic ring is 1. The molecule has 0 unspecified atom stereocenters. The van der Waals surface area contributed by atoms with Crippen molar-refractivity contribution in [2.24, 2.45) is 0 Å². The van der Waals surface area contributed by atoms with E-state index in [4.69, 9.17) is 5.73 Å². The quantitative estimate of drug-likeness (QED) is 0.828. The molecule has 1 aromatic rings. The molecule has 2 heterocycles. The first-order valence-corrected chi connectivity index (χ1v) is 7.07. The number of amides is 3. The third-order valence-electron chi connectivity index (χ3n) is 3.52. The van der Waals surface area contributed by atoms with Crippen LogP contribution in [-0.4, -0.2) is 59.4 Å². The topological polar surface area (TPSA) is 91.6 Å². The summed E-state index contributed by atoms with van der Waals surface area (Å²) in [6, 6.07) is 1.58. The number of hydrogen-bond acceptors (Lipinski definition) is 4. The van der Waals surface area contributed by atoms with Crippen molar-refractivity contribution < 1.29 is 9.59 Å². The molecule has 0 saturated carbocycles. The van der Waals surface area contributed by atoms with Crippen LogP contribution in [0.3, 0.4) is 0 Å². The number of rotatable bonds is 2. The Hall–Kier alpha value is -2.31. The number of hydrogen-bond donors (Lipinski definition) is 2. The highest BCUT2D eigenvalue weighted by Gasteiger charge is 2.25. The van der Waals surface area contributed by atoms with E-state index in [-0.39, 0.29) is 11.9 Å². The van der Waals surface area contributed by atoms with Gasteiger partial charge in [-0.3, -0.25) is 9.78 Å². The number of piperazine rings is 1. The third kappa shape index (κ3) is 3.42. The summed E-state index contributed by atoms with van der Waals surface area (Å²) in [6.07, 6.45) is 1.54. The lowest BCUT2D eigenvalue weighted by molar-refractivity contribution is 0.0664. The van der Waals surface area contributed by atoms with Gasteiger partial charge >= 0.3 is 6.03 Å². The molecule has 0 spiro atoms. The van der Waals surface area contributed by atoms with Crippen molar-refractivity contribution in [2.45, 2.75) is 13.8 Å². The van der Waals surface area contributed by atoms with Crippen LogP contribution >= 0.6 is 0 Å². The van der Waals surface area contributed by atoms with Gasteiger partial charge in [0.2, 0.25) is 0 Å². The van der Waals surface area contributed by atoms with Crippen molar-refractivity contribution in [3.05, 3.63) is 23.5 Å². The Balaban J connectivity index is 2.00. The smallest absolute Gasteiger partial charge is 0.317 e. The lowest BCUT2D eigenvalue weighted by Crippen LogP contribution is -2.53. The van der Waals surface area contributed by atoms with Crippen LogP contribution in [0.25, 0.3) is 0 Å². The van der Waals surface area contributed by atoms with E-state index in [0.29, 0.717) is 49.7 Å². The Morgan fingerprint density at radius 3 is 2.52 bits per heavy atom. The first-order chi connectivity index (χ1) is 10.0. The fourth-order valence-corrected chi connectivity index (χ4v) is 2.31. The average Bonchev–Trinajstić information content (AvgIpc) is 2.49. The highest BCUT2D eigenvalue weighted by Crippen LogP contribution is 2.14. The third-order valence-corrected chi connectivity index (χ3v) is 3.52. The molecule has 1 saturated heterocycles. The van der Waals surface area contributed by atoms with E-state index in [9.17, 15) is 9.59 Å². The van der Waals surface area contributed by atoms with Gasteiger partial charge < -0.3 is 20.9 Å². The second-order valence-electron chi connectivity index (χ2n) is 5.02. The summed E-state index contributed by atoms with van der Waals surface area (Å²) in [5.41, 5.74) is 7.37. The summed E-state index contributed by atoms with van der Waals surface area (Å²) in [5.74, 6) is -0.0807. The molecule has 1 aliphatic rings. The first-order valence-electron chi connectivity index (χ1n) is 7.07. The van der Waals surface area contributed by atoms with Gasteiger partial charge in [0.25, 0.3) is 5.91 Å². The van der Waals surface area contributed by atoms with E-state index in [2.05, 4.69) is 10.3 Å². The van der Waals surface area contributed by atoms with Crippen LogP contribution in [0.2, 0.25) is 0 Å². The molecule has 3 N–H and O–H groups in total. The minimum absolute atomic E-state index is 0.0774. The Labute approximate surface area is 124 Å². The molecule has 0 aliphatic carbocycles. The highest BCUT2D eigenvalue weighted by atomic mass is 16.2. The van der Waals surface area contributed by atoms with E-state index in [0.717, 1.165) is 0 Å². The van der Waals surface area contributed by atoms with Crippen molar-refractivity contribution in [2.75, 3.05) is 38.5 Å². The largest absolute Gasteiger partial charge is 0.397 e. The van der Waals surface area contributed by atoms with Crippen LogP contribution < -0.4 is 11.1 Å². The molecule has 7 heteroatoms. The maximum Gasteiger partial charge on any atom is 0.317 e. The van der Waals surface area contributed by atoms with E-state index in [1.165, 1.54) is 0 Å². The van der Waals surface area contributed by atoms with Gasteiger partial charge in [-0.2, -0.15) is 0 Å². The Bertz CT molecular complexity index is 538. The molecule has 114 valence electrons. The molecular formula is C14H21N5O2. The molecule has 1 aliphatic heterocycles. The molecule has 7 nitrogen and oxygen atoms in total. The Morgan fingerprint density at radius 2 is 1.90 bits per heavy atom. The van der Waals surface area contributed by atoms with Gasteiger partial charge in [0.05, 0.1) is 23.1 Å². The molecule has 0 radical (unpaired) electrons. The molecule has 0 aromatic carbocycles.